The standard InChI is InChI=1S/C18H24N4O3S/c1-20-8-7-12-13(9-20)26-17-15(12)16(24)22(11-5-3-2-4-6-11)18(25)21(17)10-14(19)23/h11H,2-10H2,1H3,(H2,19,23)/p+1. The minimum absolute atomic E-state index is 0.0697. The number of fused-ring (bicyclic) bond motifs is 3. The summed E-state index contributed by atoms with van der Waals surface area (Å²) in [7, 11) is 2.13. The van der Waals surface area contributed by atoms with E-state index in [9.17, 15) is 14.4 Å². The van der Waals surface area contributed by atoms with Crippen LogP contribution in [0.1, 0.15) is 48.6 Å². The summed E-state index contributed by atoms with van der Waals surface area (Å²) < 4.78 is 2.86. The van der Waals surface area contributed by atoms with Crippen molar-refractivity contribution in [2.24, 2.45) is 5.73 Å². The highest BCUT2D eigenvalue weighted by molar-refractivity contribution is 7.18. The molecular weight excluding hydrogens is 352 g/mol. The Morgan fingerprint density at radius 3 is 2.69 bits per heavy atom. The molecule has 8 heteroatoms. The summed E-state index contributed by atoms with van der Waals surface area (Å²) in [6.45, 7) is 1.64. The number of nitrogens with one attached hydrogen (secondary N) is 1. The third-order valence-electron chi connectivity index (χ3n) is 5.70. The lowest BCUT2D eigenvalue weighted by Crippen LogP contribution is -3.08. The maximum absolute atomic E-state index is 13.3. The molecule has 1 aliphatic heterocycles. The van der Waals surface area contributed by atoms with Gasteiger partial charge in [-0.2, -0.15) is 0 Å². The van der Waals surface area contributed by atoms with Crippen LogP contribution in [0.25, 0.3) is 10.2 Å². The Hall–Kier alpha value is -1.93. The van der Waals surface area contributed by atoms with Crippen molar-refractivity contribution in [2.45, 2.75) is 57.7 Å². The fourth-order valence-electron chi connectivity index (χ4n) is 4.40. The second kappa shape index (κ2) is 6.66. The van der Waals surface area contributed by atoms with Crippen molar-refractivity contribution in [3.8, 4) is 0 Å². The molecule has 140 valence electrons. The van der Waals surface area contributed by atoms with E-state index >= 15 is 0 Å². The number of nitrogens with zero attached hydrogens (tertiary/aromatic N) is 2. The summed E-state index contributed by atoms with van der Waals surface area (Å²) in [6.07, 6.45) is 5.72. The SMILES string of the molecule is C[NH+]1CCc2c(sc3c2c(=O)n(C2CCCCC2)c(=O)n3CC(N)=O)C1. The smallest absolute Gasteiger partial charge is 0.332 e. The lowest BCUT2D eigenvalue weighted by atomic mass is 9.95. The maximum atomic E-state index is 13.3. The van der Waals surface area contributed by atoms with Crippen LogP contribution < -0.4 is 21.9 Å². The Morgan fingerprint density at radius 1 is 1.27 bits per heavy atom. The molecule has 0 spiro atoms. The van der Waals surface area contributed by atoms with Gasteiger partial charge in [0.15, 0.2) is 0 Å². The van der Waals surface area contributed by atoms with Gasteiger partial charge in [-0.25, -0.2) is 4.79 Å². The second-order valence-electron chi connectivity index (χ2n) is 7.62. The molecule has 0 saturated heterocycles. The van der Waals surface area contributed by atoms with E-state index in [4.69, 9.17) is 5.73 Å². The second-order valence-corrected chi connectivity index (χ2v) is 8.70. The van der Waals surface area contributed by atoms with E-state index in [2.05, 4.69) is 7.05 Å². The number of hydrogen-bond donors (Lipinski definition) is 2. The molecule has 1 atom stereocenters. The summed E-state index contributed by atoms with van der Waals surface area (Å²) in [5.74, 6) is -0.559. The van der Waals surface area contributed by atoms with Gasteiger partial charge in [0.2, 0.25) is 5.91 Å². The van der Waals surface area contributed by atoms with E-state index in [1.54, 1.807) is 0 Å². The van der Waals surface area contributed by atoms with Gasteiger partial charge < -0.3 is 10.6 Å². The van der Waals surface area contributed by atoms with Crippen LogP contribution in [0, 0.1) is 0 Å². The third-order valence-corrected chi connectivity index (χ3v) is 6.96. The van der Waals surface area contributed by atoms with Gasteiger partial charge in [-0.1, -0.05) is 19.3 Å². The molecule has 1 aliphatic carbocycles. The van der Waals surface area contributed by atoms with Crippen LogP contribution in [0.4, 0.5) is 0 Å². The first kappa shape index (κ1) is 17.5. The molecule has 26 heavy (non-hydrogen) atoms. The van der Waals surface area contributed by atoms with E-state index in [0.29, 0.717) is 10.2 Å². The zero-order valence-electron chi connectivity index (χ0n) is 15.0. The predicted octanol–water partition coefficient (Wildman–Crippen LogP) is -0.214. The van der Waals surface area contributed by atoms with Crippen LogP contribution >= 0.6 is 11.3 Å². The lowest BCUT2D eigenvalue weighted by molar-refractivity contribution is -0.895. The van der Waals surface area contributed by atoms with Crippen LogP contribution in [-0.4, -0.2) is 28.6 Å². The topological polar surface area (TPSA) is 91.5 Å². The number of aromatic nitrogens is 2. The number of carbonyl (C=O) groups is 1. The number of primary amides is 1. The average molecular weight is 377 g/mol. The number of likely N-dealkylation sites (N-methyl/N-ethyl adjacent to an activating group) is 1. The number of thiophene rings is 1. The van der Waals surface area contributed by atoms with Crippen LogP contribution in [0.3, 0.4) is 0 Å². The fourth-order valence-corrected chi connectivity index (χ4v) is 5.84. The fraction of sp³-hybridized carbons (Fsp3) is 0.611. The van der Waals surface area contributed by atoms with Gasteiger partial charge in [0.1, 0.15) is 17.9 Å². The van der Waals surface area contributed by atoms with Crippen molar-refractivity contribution < 1.29 is 9.69 Å². The molecule has 2 aromatic rings. The highest BCUT2D eigenvalue weighted by Crippen LogP contribution is 2.31. The molecular formula is C18H25N4O3S+. The van der Waals surface area contributed by atoms with Crippen LogP contribution in [-0.2, 0) is 24.3 Å². The first-order valence-corrected chi connectivity index (χ1v) is 10.2. The van der Waals surface area contributed by atoms with Gasteiger partial charge in [-0.05, 0) is 18.4 Å². The Kier molecular flexibility index (Phi) is 4.48. The van der Waals surface area contributed by atoms with Gasteiger partial charge in [-0.15, -0.1) is 11.3 Å². The number of rotatable bonds is 3. The van der Waals surface area contributed by atoms with Crippen LogP contribution in [0.2, 0.25) is 0 Å². The summed E-state index contributed by atoms with van der Waals surface area (Å²) in [5, 5.41) is 0.643. The van der Waals surface area contributed by atoms with Crippen molar-refractivity contribution in [2.75, 3.05) is 13.6 Å². The number of hydrogen-bond acceptors (Lipinski definition) is 4. The number of quaternary nitrogens is 1. The molecule has 3 heterocycles. The minimum atomic E-state index is -0.559. The van der Waals surface area contributed by atoms with E-state index in [-0.39, 0.29) is 23.8 Å². The van der Waals surface area contributed by atoms with Gasteiger partial charge in [0.25, 0.3) is 5.56 Å². The lowest BCUT2D eigenvalue weighted by Gasteiger charge is -2.24. The van der Waals surface area contributed by atoms with Crippen molar-refractivity contribution >= 4 is 27.5 Å². The Labute approximate surface area is 155 Å². The number of carbonyl (C=O) groups excluding carboxylic acids is 1. The average Bonchev–Trinajstić information content (AvgIpc) is 2.98. The molecule has 4 rings (SSSR count). The summed E-state index contributed by atoms with van der Waals surface area (Å²) in [5.41, 5.74) is 5.93. The minimum Gasteiger partial charge on any atom is -0.368 e. The quantitative estimate of drug-likeness (QED) is 0.775. The van der Waals surface area contributed by atoms with E-state index in [0.717, 1.165) is 62.1 Å². The zero-order chi connectivity index (χ0) is 18.4. The van der Waals surface area contributed by atoms with Crippen LogP contribution in [0.15, 0.2) is 9.59 Å². The zero-order valence-corrected chi connectivity index (χ0v) is 15.9. The molecule has 2 aromatic heterocycles. The van der Waals surface area contributed by atoms with Crippen LogP contribution in [0.5, 0.6) is 0 Å². The molecule has 0 radical (unpaired) electrons. The molecule has 1 unspecified atom stereocenters. The normalized spacial score (nSPS) is 21.0. The Bertz CT molecular complexity index is 981. The van der Waals surface area contributed by atoms with Gasteiger partial charge in [0.05, 0.1) is 23.9 Å². The summed E-state index contributed by atoms with van der Waals surface area (Å²) >= 11 is 1.48. The number of amides is 1. The highest BCUT2D eigenvalue weighted by Gasteiger charge is 2.29. The Balaban J connectivity index is 2.01. The van der Waals surface area contributed by atoms with Gasteiger partial charge >= 0.3 is 5.69 Å². The molecule has 7 nitrogen and oxygen atoms in total. The van der Waals surface area contributed by atoms with Crippen molar-refractivity contribution in [3.05, 3.63) is 31.3 Å². The molecule has 1 fully saturated rings. The largest absolute Gasteiger partial charge is 0.368 e. The first-order valence-electron chi connectivity index (χ1n) is 9.36. The summed E-state index contributed by atoms with van der Waals surface area (Å²) in [6, 6.07) is -0.0697. The van der Waals surface area contributed by atoms with E-state index in [1.165, 1.54) is 25.4 Å². The molecule has 3 N–H and O–H groups in total. The van der Waals surface area contributed by atoms with Gasteiger partial charge in [-0.3, -0.25) is 18.7 Å². The molecule has 2 aliphatic rings. The van der Waals surface area contributed by atoms with Gasteiger partial charge in [0, 0.05) is 12.5 Å². The first-order chi connectivity index (χ1) is 12.5. The van der Waals surface area contributed by atoms with Crippen molar-refractivity contribution in [3.63, 3.8) is 0 Å². The Morgan fingerprint density at radius 2 is 2.00 bits per heavy atom. The van der Waals surface area contributed by atoms with E-state index in [1.807, 2.05) is 0 Å². The molecule has 1 saturated carbocycles. The third kappa shape index (κ3) is 2.81. The maximum Gasteiger partial charge on any atom is 0.332 e. The monoisotopic (exact) mass is 377 g/mol. The van der Waals surface area contributed by atoms with E-state index < -0.39 is 5.91 Å². The predicted molar refractivity (Wildman–Crippen MR) is 101 cm³/mol. The number of nitrogens with two attached hydrogens (primary N) is 1. The summed E-state index contributed by atoms with van der Waals surface area (Å²) in [4.78, 5) is 41.2. The molecule has 1 amide bonds. The highest BCUT2D eigenvalue weighted by atomic mass is 32.1. The van der Waals surface area contributed by atoms with Crippen molar-refractivity contribution in [1.29, 1.82) is 0 Å². The molecule has 0 bridgehead atoms. The molecule has 0 aromatic carbocycles. The van der Waals surface area contributed by atoms with Crippen molar-refractivity contribution in [1.82, 2.24) is 9.13 Å².